The van der Waals surface area contributed by atoms with Crippen LogP contribution in [0.1, 0.15) is 11.5 Å². The molecule has 1 aromatic rings. The summed E-state index contributed by atoms with van der Waals surface area (Å²) in [5.74, 6) is -4.64. The zero-order valence-electron chi connectivity index (χ0n) is 7.78. The second-order valence-electron chi connectivity index (χ2n) is 3.09. The lowest BCUT2D eigenvalue weighted by atomic mass is 9.98. The number of nitrogens with two attached hydrogens (primary N) is 1. The summed E-state index contributed by atoms with van der Waals surface area (Å²) in [6.45, 7) is -0.899. The van der Waals surface area contributed by atoms with Crippen LogP contribution in [0.25, 0.3) is 0 Å². The summed E-state index contributed by atoms with van der Waals surface area (Å²) in [4.78, 5) is 0. The Bertz CT molecular complexity index is 390. The van der Waals surface area contributed by atoms with Gasteiger partial charge in [0.2, 0.25) is 0 Å². The molecule has 90 valence electrons. The molecular weight excluding hydrogens is 253 g/mol. The predicted molar refractivity (Wildman–Crippen MR) is 49.2 cm³/mol. The Morgan fingerprint density at radius 3 is 2.12 bits per heavy atom. The van der Waals surface area contributed by atoms with Gasteiger partial charge in [-0.15, -0.1) is 0 Å². The van der Waals surface area contributed by atoms with Crippen molar-refractivity contribution >= 4 is 11.6 Å². The van der Waals surface area contributed by atoms with Gasteiger partial charge in [0, 0.05) is 12.1 Å². The first-order valence-electron chi connectivity index (χ1n) is 4.19. The number of alkyl halides is 3. The number of benzene rings is 1. The Morgan fingerprint density at radius 1 is 1.19 bits per heavy atom. The van der Waals surface area contributed by atoms with Gasteiger partial charge in [-0.2, -0.15) is 13.2 Å². The molecule has 0 saturated carbocycles. The van der Waals surface area contributed by atoms with Gasteiger partial charge in [0.1, 0.15) is 11.6 Å². The van der Waals surface area contributed by atoms with Crippen molar-refractivity contribution in [2.24, 2.45) is 5.73 Å². The van der Waals surface area contributed by atoms with Crippen molar-refractivity contribution in [3.05, 3.63) is 34.4 Å². The highest BCUT2D eigenvalue weighted by molar-refractivity contribution is 6.31. The number of rotatable bonds is 2. The standard InChI is InChI=1S/C9H7ClF5N/c10-8-6(12)2-1-5(11)7(8)4(3-16)9(13,14)15/h1-2,4H,3,16H2. The third kappa shape index (κ3) is 2.44. The molecule has 0 aliphatic heterocycles. The average molecular weight is 260 g/mol. The molecule has 0 heterocycles. The van der Waals surface area contributed by atoms with E-state index in [1.165, 1.54) is 0 Å². The van der Waals surface area contributed by atoms with E-state index in [0.717, 1.165) is 0 Å². The molecule has 0 aliphatic rings. The maximum absolute atomic E-state index is 13.2. The molecule has 0 aliphatic carbocycles. The van der Waals surface area contributed by atoms with Crippen LogP contribution in [-0.2, 0) is 0 Å². The molecule has 0 aromatic heterocycles. The van der Waals surface area contributed by atoms with Gasteiger partial charge in [-0.05, 0) is 12.1 Å². The largest absolute Gasteiger partial charge is 0.397 e. The number of hydrogen-bond acceptors (Lipinski definition) is 1. The lowest BCUT2D eigenvalue weighted by molar-refractivity contribution is -0.148. The Hall–Kier alpha value is -0.880. The highest BCUT2D eigenvalue weighted by Crippen LogP contribution is 2.39. The van der Waals surface area contributed by atoms with Crippen LogP contribution in [0.15, 0.2) is 12.1 Å². The Labute approximate surface area is 93.0 Å². The predicted octanol–water partition coefficient (Wildman–Crippen LogP) is 3.22. The van der Waals surface area contributed by atoms with Gasteiger partial charge in [0.25, 0.3) is 0 Å². The molecule has 0 fully saturated rings. The first-order chi connectivity index (χ1) is 7.29. The Morgan fingerprint density at radius 2 is 1.69 bits per heavy atom. The average Bonchev–Trinajstić information content (AvgIpc) is 2.16. The fourth-order valence-corrected chi connectivity index (χ4v) is 1.56. The molecule has 0 amide bonds. The SMILES string of the molecule is NCC(c1c(F)ccc(F)c1Cl)C(F)(F)F. The summed E-state index contributed by atoms with van der Waals surface area (Å²) in [6, 6.07) is 1.25. The van der Waals surface area contributed by atoms with Crippen LogP contribution in [-0.4, -0.2) is 12.7 Å². The number of halogens is 6. The Kier molecular flexibility index (Phi) is 3.75. The lowest BCUT2D eigenvalue weighted by Crippen LogP contribution is -2.29. The normalized spacial score (nSPS) is 13.9. The van der Waals surface area contributed by atoms with Crippen LogP contribution in [0.4, 0.5) is 22.0 Å². The summed E-state index contributed by atoms with van der Waals surface area (Å²) in [5.41, 5.74) is 3.96. The van der Waals surface area contributed by atoms with Crippen LogP contribution < -0.4 is 5.73 Å². The second kappa shape index (κ2) is 4.55. The van der Waals surface area contributed by atoms with Gasteiger partial charge >= 0.3 is 6.18 Å². The highest BCUT2D eigenvalue weighted by Gasteiger charge is 2.42. The monoisotopic (exact) mass is 259 g/mol. The van der Waals surface area contributed by atoms with Gasteiger partial charge < -0.3 is 5.73 Å². The van der Waals surface area contributed by atoms with Gasteiger partial charge in [0.05, 0.1) is 10.9 Å². The molecule has 16 heavy (non-hydrogen) atoms. The van der Waals surface area contributed by atoms with E-state index < -0.39 is 40.9 Å². The van der Waals surface area contributed by atoms with Crippen molar-refractivity contribution in [1.29, 1.82) is 0 Å². The maximum Gasteiger partial charge on any atom is 0.397 e. The van der Waals surface area contributed by atoms with Crippen molar-refractivity contribution in [2.45, 2.75) is 12.1 Å². The molecule has 1 atom stereocenters. The van der Waals surface area contributed by atoms with Crippen LogP contribution in [0.3, 0.4) is 0 Å². The zero-order chi connectivity index (χ0) is 12.5. The first-order valence-corrected chi connectivity index (χ1v) is 4.57. The van der Waals surface area contributed by atoms with E-state index in [9.17, 15) is 22.0 Å². The third-order valence-electron chi connectivity index (χ3n) is 2.06. The molecule has 0 saturated heterocycles. The molecule has 0 bridgehead atoms. The molecule has 0 spiro atoms. The van der Waals surface area contributed by atoms with Crippen LogP contribution in [0, 0.1) is 11.6 Å². The smallest absolute Gasteiger partial charge is 0.330 e. The molecule has 7 heteroatoms. The van der Waals surface area contributed by atoms with E-state index in [4.69, 9.17) is 17.3 Å². The van der Waals surface area contributed by atoms with E-state index in [1.54, 1.807) is 0 Å². The summed E-state index contributed by atoms with van der Waals surface area (Å²) >= 11 is 5.31. The van der Waals surface area contributed by atoms with Gasteiger partial charge in [-0.3, -0.25) is 0 Å². The summed E-state index contributed by atoms with van der Waals surface area (Å²) < 4.78 is 63.5. The summed E-state index contributed by atoms with van der Waals surface area (Å²) in [6.07, 6.45) is -4.77. The molecule has 1 unspecified atom stereocenters. The van der Waals surface area contributed by atoms with Crippen molar-refractivity contribution < 1.29 is 22.0 Å². The molecule has 1 aromatic carbocycles. The van der Waals surface area contributed by atoms with Crippen molar-refractivity contribution in [3.8, 4) is 0 Å². The minimum Gasteiger partial charge on any atom is -0.330 e. The minimum atomic E-state index is -4.77. The van der Waals surface area contributed by atoms with Crippen molar-refractivity contribution in [2.75, 3.05) is 6.54 Å². The highest BCUT2D eigenvalue weighted by atomic mass is 35.5. The maximum atomic E-state index is 13.2. The van der Waals surface area contributed by atoms with E-state index in [1.807, 2.05) is 0 Å². The molecule has 1 nitrogen and oxygen atoms in total. The van der Waals surface area contributed by atoms with Crippen molar-refractivity contribution in [3.63, 3.8) is 0 Å². The molecule has 2 N–H and O–H groups in total. The van der Waals surface area contributed by atoms with Gasteiger partial charge in [-0.1, -0.05) is 11.6 Å². The van der Waals surface area contributed by atoms with Gasteiger partial charge in [0.15, 0.2) is 0 Å². The van der Waals surface area contributed by atoms with Crippen LogP contribution in [0.2, 0.25) is 5.02 Å². The van der Waals surface area contributed by atoms with E-state index in [-0.39, 0.29) is 0 Å². The van der Waals surface area contributed by atoms with E-state index in [2.05, 4.69) is 0 Å². The number of hydrogen-bond donors (Lipinski definition) is 1. The summed E-state index contributed by atoms with van der Waals surface area (Å²) in [7, 11) is 0. The molecule has 1 rings (SSSR count). The van der Waals surface area contributed by atoms with Crippen molar-refractivity contribution in [1.82, 2.24) is 0 Å². The van der Waals surface area contributed by atoms with Gasteiger partial charge in [-0.25, -0.2) is 8.78 Å². The molecule has 0 radical (unpaired) electrons. The Balaban J connectivity index is 3.36. The topological polar surface area (TPSA) is 26.0 Å². The minimum absolute atomic E-state index is 0.588. The third-order valence-corrected chi connectivity index (χ3v) is 2.44. The van der Waals surface area contributed by atoms with Crippen LogP contribution >= 0.6 is 11.6 Å². The lowest BCUT2D eigenvalue weighted by Gasteiger charge is -2.20. The molecular formula is C9H7ClF5N. The fourth-order valence-electron chi connectivity index (χ4n) is 1.28. The van der Waals surface area contributed by atoms with E-state index in [0.29, 0.717) is 12.1 Å². The van der Waals surface area contributed by atoms with E-state index >= 15 is 0 Å². The van der Waals surface area contributed by atoms with Crippen LogP contribution in [0.5, 0.6) is 0 Å². The quantitative estimate of drug-likeness (QED) is 0.640. The fraction of sp³-hybridized carbons (Fsp3) is 0.333. The zero-order valence-corrected chi connectivity index (χ0v) is 8.54. The second-order valence-corrected chi connectivity index (χ2v) is 3.46. The first kappa shape index (κ1) is 13.2. The summed E-state index contributed by atoms with van der Waals surface area (Å²) in [5, 5.41) is -0.882.